The number of hydrogen-bond donors (Lipinski definition) is 0. The van der Waals surface area contributed by atoms with Crippen molar-refractivity contribution in [3.8, 4) is 0 Å². The maximum Gasteiger partial charge on any atom is 0.193 e. The smallest absolute Gasteiger partial charge is 0.193 e. The van der Waals surface area contributed by atoms with Crippen molar-refractivity contribution in [1.82, 2.24) is 0 Å². The highest BCUT2D eigenvalue weighted by Gasteiger charge is 2.18. The monoisotopic (exact) mass is 314 g/mol. The Labute approximate surface area is 121 Å². The summed E-state index contributed by atoms with van der Waals surface area (Å²) in [6.07, 6.45) is 3.13. The molecule has 0 aliphatic heterocycles. The Hall–Kier alpha value is -1.41. The Morgan fingerprint density at radius 2 is 1.89 bits per heavy atom. The zero-order valence-corrected chi connectivity index (χ0v) is 12.5. The van der Waals surface area contributed by atoms with Crippen LogP contribution in [0.25, 0.3) is 0 Å². The van der Waals surface area contributed by atoms with E-state index >= 15 is 0 Å². The van der Waals surface area contributed by atoms with E-state index in [0.717, 1.165) is 40.4 Å². The molecule has 0 bridgehead atoms. The molecule has 0 fully saturated rings. The fraction of sp³-hybridized carbons (Fsp3) is 0.235. The normalized spacial score (nSPS) is 12.7. The van der Waals surface area contributed by atoms with Gasteiger partial charge in [0.25, 0.3) is 0 Å². The molecule has 2 aromatic carbocycles. The zero-order chi connectivity index (χ0) is 13.4. The van der Waals surface area contributed by atoms with Crippen molar-refractivity contribution in [2.24, 2.45) is 0 Å². The average Bonchev–Trinajstić information content (AvgIpc) is 2.39. The van der Waals surface area contributed by atoms with Crippen molar-refractivity contribution in [3.63, 3.8) is 0 Å². The zero-order valence-electron chi connectivity index (χ0n) is 10.9. The summed E-state index contributed by atoms with van der Waals surface area (Å²) in [7, 11) is 0. The minimum absolute atomic E-state index is 0.132. The fourth-order valence-corrected chi connectivity index (χ4v) is 2.92. The van der Waals surface area contributed by atoms with Crippen molar-refractivity contribution < 1.29 is 4.79 Å². The van der Waals surface area contributed by atoms with Gasteiger partial charge >= 0.3 is 0 Å². The summed E-state index contributed by atoms with van der Waals surface area (Å²) >= 11 is 3.45. The van der Waals surface area contributed by atoms with E-state index in [2.05, 4.69) is 35.0 Å². The van der Waals surface area contributed by atoms with E-state index in [1.807, 2.05) is 24.3 Å². The molecule has 0 heterocycles. The molecule has 2 aromatic rings. The van der Waals surface area contributed by atoms with Gasteiger partial charge in [-0.2, -0.15) is 0 Å². The second kappa shape index (κ2) is 4.93. The van der Waals surface area contributed by atoms with Crippen LogP contribution in [0.2, 0.25) is 0 Å². The molecule has 1 aliphatic rings. The molecule has 2 heteroatoms. The summed E-state index contributed by atoms with van der Waals surface area (Å²) in [5, 5.41) is 0. The summed E-state index contributed by atoms with van der Waals surface area (Å²) in [6.45, 7) is 2.08. The number of ketones is 1. The van der Waals surface area contributed by atoms with Crippen LogP contribution in [0.3, 0.4) is 0 Å². The molecule has 96 valence electrons. The van der Waals surface area contributed by atoms with Gasteiger partial charge in [-0.25, -0.2) is 0 Å². The minimum atomic E-state index is 0.132. The Bertz CT molecular complexity index is 658. The minimum Gasteiger partial charge on any atom is -0.289 e. The summed E-state index contributed by atoms with van der Waals surface area (Å²) < 4.78 is 0.956. The van der Waals surface area contributed by atoms with E-state index in [-0.39, 0.29) is 5.78 Å². The van der Waals surface area contributed by atoms with Gasteiger partial charge in [0.05, 0.1) is 0 Å². The number of carbonyl (C=O) groups is 1. The standard InChI is InChI=1S/C17H15BrO/c1-2-11-7-8-15(18)10-16(11)17(19)14-6-4-12-3-5-13(12)9-14/h4,6-10H,2-3,5H2,1H3. The Kier molecular flexibility index (Phi) is 3.28. The Morgan fingerprint density at radius 3 is 2.53 bits per heavy atom. The van der Waals surface area contributed by atoms with Crippen LogP contribution in [-0.2, 0) is 19.3 Å². The topological polar surface area (TPSA) is 17.1 Å². The van der Waals surface area contributed by atoms with Crippen LogP contribution in [0.4, 0.5) is 0 Å². The summed E-state index contributed by atoms with van der Waals surface area (Å²) in [5.41, 5.74) is 5.46. The lowest BCUT2D eigenvalue weighted by Gasteiger charge is -2.19. The molecule has 0 unspecified atom stereocenters. The van der Waals surface area contributed by atoms with Crippen molar-refractivity contribution in [3.05, 3.63) is 68.7 Å². The van der Waals surface area contributed by atoms with E-state index < -0.39 is 0 Å². The van der Waals surface area contributed by atoms with Gasteiger partial charge in [-0.05, 0) is 54.2 Å². The molecule has 0 atom stereocenters. The van der Waals surface area contributed by atoms with E-state index in [4.69, 9.17) is 0 Å². The first-order chi connectivity index (χ1) is 9.19. The fourth-order valence-electron chi connectivity index (χ4n) is 2.56. The van der Waals surface area contributed by atoms with Crippen LogP contribution in [0, 0.1) is 0 Å². The molecule has 1 aliphatic carbocycles. The number of carbonyl (C=O) groups excluding carboxylic acids is 1. The lowest BCUT2D eigenvalue weighted by Crippen LogP contribution is -2.12. The number of fused-ring (bicyclic) bond motifs is 1. The van der Waals surface area contributed by atoms with Gasteiger partial charge in [0.1, 0.15) is 0 Å². The third-order valence-corrected chi connectivity index (χ3v) is 4.32. The van der Waals surface area contributed by atoms with Crippen molar-refractivity contribution in [1.29, 1.82) is 0 Å². The second-order valence-electron chi connectivity index (χ2n) is 4.97. The number of benzene rings is 2. The average molecular weight is 315 g/mol. The van der Waals surface area contributed by atoms with Crippen molar-refractivity contribution in [2.75, 3.05) is 0 Å². The third-order valence-electron chi connectivity index (χ3n) is 3.83. The van der Waals surface area contributed by atoms with Gasteiger partial charge in [-0.1, -0.05) is 41.1 Å². The molecule has 0 amide bonds. The van der Waals surface area contributed by atoms with Crippen LogP contribution < -0.4 is 0 Å². The molecule has 0 N–H and O–H groups in total. The van der Waals surface area contributed by atoms with Crippen LogP contribution in [0.1, 0.15) is 39.5 Å². The molecule has 3 rings (SSSR count). The summed E-state index contributed by atoms with van der Waals surface area (Å²) in [6, 6.07) is 12.1. The third kappa shape index (κ3) is 2.25. The van der Waals surface area contributed by atoms with Gasteiger partial charge in [-0.15, -0.1) is 0 Å². The summed E-state index contributed by atoms with van der Waals surface area (Å²) in [5.74, 6) is 0.132. The highest BCUT2D eigenvalue weighted by molar-refractivity contribution is 9.10. The van der Waals surface area contributed by atoms with Gasteiger partial charge in [-0.3, -0.25) is 4.79 Å². The first-order valence-electron chi connectivity index (χ1n) is 6.64. The van der Waals surface area contributed by atoms with E-state index in [1.165, 1.54) is 11.1 Å². The predicted molar refractivity (Wildman–Crippen MR) is 80.8 cm³/mol. The number of rotatable bonds is 3. The Balaban J connectivity index is 2.03. The van der Waals surface area contributed by atoms with E-state index in [0.29, 0.717) is 0 Å². The summed E-state index contributed by atoms with van der Waals surface area (Å²) in [4.78, 5) is 12.6. The van der Waals surface area contributed by atoms with Crippen LogP contribution >= 0.6 is 15.9 Å². The molecular formula is C17H15BrO. The largest absolute Gasteiger partial charge is 0.289 e. The molecular weight excluding hydrogens is 300 g/mol. The number of aryl methyl sites for hydroxylation is 3. The van der Waals surface area contributed by atoms with Crippen LogP contribution in [0.15, 0.2) is 40.9 Å². The molecule has 1 nitrogen and oxygen atoms in total. The molecule has 0 aromatic heterocycles. The maximum absolute atomic E-state index is 12.6. The molecule has 0 radical (unpaired) electrons. The van der Waals surface area contributed by atoms with Crippen LogP contribution in [0.5, 0.6) is 0 Å². The lowest BCUT2D eigenvalue weighted by atomic mass is 9.85. The van der Waals surface area contributed by atoms with Crippen LogP contribution in [-0.4, -0.2) is 5.78 Å². The van der Waals surface area contributed by atoms with Crippen molar-refractivity contribution in [2.45, 2.75) is 26.2 Å². The molecule has 0 spiro atoms. The highest BCUT2D eigenvalue weighted by Crippen LogP contribution is 2.26. The quantitative estimate of drug-likeness (QED) is 0.770. The van der Waals surface area contributed by atoms with Gasteiger partial charge in [0, 0.05) is 15.6 Å². The number of halogens is 1. The van der Waals surface area contributed by atoms with Gasteiger partial charge in [0.2, 0.25) is 0 Å². The second-order valence-corrected chi connectivity index (χ2v) is 5.88. The highest BCUT2D eigenvalue weighted by atomic mass is 79.9. The maximum atomic E-state index is 12.6. The first-order valence-corrected chi connectivity index (χ1v) is 7.43. The molecule has 0 saturated carbocycles. The van der Waals surface area contributed by atoms with Gasteiger partial charge < -0.3 is 0 Å². The Morgan fingerprint density at radius 1 is 1.11 bits per heavy atom. The molecule has 19 heavy (non-hydrogen) atoms. The van der Waals surface area contributed by atoms with Gasteiger partial charge in [0.15, 0.2) is 5.78 Å². The SMILES string of the molecule is CCc1ccc(Br)cc1C(=O)c1ccc2c(c1)CC2. The lowest BCUT2D eigenvalue weighted by molar-refractivity contribution is 0.103. The predicted octanol–water partition coefficient (Wildman–Crippen LogP) is 4.34. The van der Waals surface area contributed by atoms with E-state index in [1.54, 1.807) is 0 Å². The molecule has 0 saturated heterocycles. The first kappa shape index (κ1) is 12.6. The van der Waals surface area contributed by atoms with Crippen molar-refractivity contribution >= 4 is 21.7 Å². The van der Waals surface area contributed by atoms with E-state index in [9.17, 15) is 4.79 Å². The number of hydrogen-bond acceptors (Lipinski definition) is 1.